The van der Waals surface area contributed by atoms with E-state index in [0.29, 0.717) is 5.41 Å². The molecule has 0 radical (unpaired) electrons. The van der Waals surface area contributed by atoms with Crippen LogP contribution < -0.4 is 10.5 Å². The normalized spacial score (nSPS) is 22.5. The third-order valence-corrected chi connectivity index (χ3v) is 5.73. The number of benzene rings is 1. The molecule has 2 saturated carbocycles. The van der Waals surface area contributed by atoms with Crippen molar-refractivity contribution in [1.29, 1.82) is 0 Å². The van der Waals surface area contributed by atoms with Crippen LogP contribution in [0.2, 0.25) is 0 Å². The van der Waals surface area contributed by atoms with Crippen molar-refractivity contribution in [3.63, 3.8) is 0 Å². The molecule has 4 nitrogen and oxygen atoms in total. The van der Waals surface area contributed by atoms with Gasteiger partial charge in [-0.3, -0.25) is 0 Å². The lowest BCUT2D eigenvalue weighted by molar-refractivity contribution is 0.382. The van der Waals surface area contributed by atoms with Crippen molar-refractivity contribution < 1.29 is 8.42 Å². The van der Waals surface area contributed by atoms with Gasteiger partial charge in [0, 0.05) is 12.6 Å². The molecule has 110 valence electrons. The first kappa shape index (κ1) is 14.0. The number of primary sulfonamides is 1. The molecule has 3 rings (SSSR count). The third kappa shape index (κ3) is 2.90. The van der Waals surface area contributed by atoms with Gasteiger partial charge in [0.1, 0.15) is 0 Å². The molecule has 2 aliphatic carbocycles. The van der Waals surface area contributed by atoms with E-state index in [1.165, 1.54) is 25.7 Å². The van der Waals surface area contributed by atoms with Gasteiger partial charge in [-0.1, -0.05) is 12.1 Å². The summed E-state index contributed by atoms with van der Waals surface area (Å²) in [6, 6.07) is 7.08. The monoisotopic (exact) mass is 294 g/mol. The van der Waals surface area contributed by atoms with E-state index >= 15 is 0 Å². The number of hydrogen-bond donors (Lipinski definition) is 2. The molecule has 0 heterocycles. The summed E-state index contributed by atoms with van der Waals surface area (Å²) in [4.78, 5) is 0.171. The molecule has 3 N–H and O–H groups in total. The van der Waals surface area contributed by atoms with Crippen LogP contribution in [0.5, 0.6) is 0 Å². The van der Waals surface area contributed by atoms with E-state index in [1.807, 2.05) is 12.1 Å². The second-order valence-corrected chi connectivity index (χ2v) is 7.91. The zero-order chi connectivity index (χ0) is 14.4. The summed E-state index contributed by atoms with van der Waals surface area (Å²) in [6.07, 6.45) is 5.53. The van der Waals surface area contributed by atoms with E-state index in [9.17, 15) is 8.42 Å². The molecular formula is C15H22N2O2S. The van der Waals surface area contributed by atoms with Crippen LogP contribution in [0.15, 0.2) is 29.2 Å². The summed E-state index contributed by atoms with van der Waals surface area (Å²) in [5.74, 6) is 0.951. The highest BCUT2D eigenvalue weighted by Gasteiger charge is 2.53. The van der Waals surface area contributed by atoms with Crippen molar-refractivity contribution in [2.24, 2.45) is 16.5 Å². The van der Waals surface area contributed by atoms with E-state index in [0.717, 1.165) is 18.0 Å². The Morgan fingerprint density at radius 2 is 1.90 bits per heavy atom. The van der Waals surface area contributed by atoms with E-state index < -0.39 is 10.0 Å². The molecule has 1 atom stereocenters. The van der Waals surface area contributed by atoms with Gasteiger partial charge in [-0.05, 0) is 61.6 Å². The fourth-order valence-electron chi connectivity index (χ4n) is 3.01. The Morgan fingerprint density at radius 3 is 2.35 bits per heavy atom. The number of sulfonamides is 1. The molecule has 0 saturated heterocycles. The molecule has 1 aromatic carbocycles. The minimum Gasteiger partial charge on any atom is -0.310 e. The van der Waals surface area contributed by atoms with E-state index in [-0.39, 0.29) is 10.9 Å². The molecule has 0 bridgehead atoms. The van der Waals surface area contributed by atoms with Crippen LogP contribution >= 0.6 is 0 Å². The fourth-order valence-corrected chi connectivity index (χ4v) is 3.52. The van der Waals surface area contributed by atoms with Gasteiger partial charge in [-0.25, -0.2) is 13.6 Å². The summed E-state index contributed by atoms with van der Waals surface area (Å²) >= 11 is 0. The fraction of sp³-hybridized carbons (Fsp3) is 0.600. The van der Waals surface area contributed by atoms with Crippen LogP contribution in [0, 0.1) is 11.3 Å². The summed E-state index contributed by atoms with van der Waals surface area (Å²) in [7, 11) is -3.59. The molecule has 5 heteroatoms. The zero-order valence-corrected chi connectivity index (χ0v) is 12.6. The van der Waals surface area contributed by atoms with E-state index in [4.69, 9.17) is 5.14 Å². The SMILES string of the molecule is CC(NCC1(C2CC2)CC1)c1ccc(S(N)(=O)=O)cc1. The van der Waals surface area contributed by atoms with Gasteiger partial charge in [0.15, 0.2) is 0 Å². The summed E-state index contributed by atoms with van der Waals surface area (Å²) < 4.78 is 22.4. The number of rotatable bonds is 6. The van der Waals surface area contributed by atoms with Gasteiger partial charge in [0.05, 0.1) is 4.90 Å². The van der Waals surface area contributed by atoms with Crippen molar-refractivity contribution in [1.82, 2.24) is 5.32 Å². The molecule has 0 amide bonds. The van der Waals surface area contributed by atoms with Gasteiger partial charge >= 0.3 is 0 Å². The topological polar surface area (TPSA) is 72.2 Å². The van der Waals surface area contributed by atoms with Gasteiger partial charge in [-0.2, -0.15) is 0 Å². The standard InChI is InChI=1S/C15H22N2O2S/c1-11(17-10-15(8-9-15)13-4-5-13)12-2-6-14(7-3-12)20(16,18)19/h2-3,6-7,11,13,17H,4-5,8-10H2,1H3,(H2,16,18,19). The smallest absolute Gasteiger partial charge is 0.238 e. The molecule has 20 heavy (non-hydrogen) atoms. The second kappa shape index (κ2) is 4.83. The molecule has 1 aromatic rings. The van der Waals surface area contributed by atoms with Crippen molar-refractivity contribution in [2.45, 2.75) is 43.5 Å². The predicted octanol–water partition coefficient (Wildman–Crippen LogP) is 2.17. The maximum atomic E-state index is 11.2. The van der Waals surface area contributed by atoms with Crippen LogP contribution in [-0.4, -0.2) is 15.0 Å². The highest BCUT2D eigenvalue weighted by atomic mass is 32.2. The first-order valence-electron chi connectivity index (χ1n) is 7.27. The lowest BCUT2D eigenvalue weighted by Gasteiger charge is -2.20. The Hall–Kier alpha value is -0.910. The molecule has 2 fully saturated rings. The van der Waals surface area contributed by atoms with Crippen LogP contribution in [-0.2, 0) is 10.0 Å². The van der Waals surface area contributed by atoms with Gasteiger partial charge < -0.3 is 5.32 Å². The molecule has 2 aliphatic rings. The largest absolute Gasteiger partial charge is 0.310 e. The minimum atomic E-state index is -3.59. The minimum absolute atomic E-state index is 0.171. The maximum absolute atomic E-state index is 11.2. The quantitative estimate of drug-likeness (QED) is 0.844. The van der Waals surface area contributed by atoms with Crippen molar-refractivity contribution in [3.8, 4) is 0 Å². The van der Waals surface area contributed by atoms with Crippen LogP contribution in [0.25, 0.3) is 0 Å². The number of nitrogens with one attached hydrogen (secondary N) is 1. The maximum Gasteiger partial charge on any atom is 0.238 e. The predicted molar refractivity (Wildman–Crippen MR) is 78.6 cm³/mol. The summed E-state index contributed by atoms with van der Waals surface area (Å²) in [5.41, 5.74) is 1.68. The highest BCUT2D eigenvalue weighted by Crippen LogP contribution is 2.60. The lowest BCUT2D eigenvalue weighted by atomic mass is 9.99. The van der Waals surface area contributed by atoms with Crippen LogP contribution in [0.3, 0.4) is 0 Å². The Labute approximate surface area is 120 Å². The van der Waals surface area contributed by atoms with E-state index in [2.05, 4.69) is 12.2 Å². The Bertz CT molecular complexity index is 587. The van der Waals surface area contributed by atoms with Crippen LogP contribution in [0.4, 0.5) is 0 Å². The summed E-state index contributed by atoms with van der Waals surface area (Å²) in [5, 5.41) is 8.70. The van der Waals surface area contributed by atoms with Crippen molar-refractivity contribution >= 4 is 10.0 Å². The molecule has 1 unspecified atom stereocenters. The Balaban J connectivity index is 1.61. The first-order chi connectivity index (χ1) is 9.41. The van der Waals surface area contributed by atoms with E-state index in [1.54, 1.807) is 12.1 Å². The number of nitrogens with two attached hydrogens (primary N) is 1. The molecule has 0 aliphatic heterocycles. The zero-order valence-electron chi connectivity index (χ0n) is 11.8. The molecule has 0 aromatic heterocycles. The summed E-state index contributed by atoms with van der Waals surface area (Å²) in [6.45, 7) is 3.20. The average Bonchev–Trinajstić information content (AvgIpc) is 3.27. The van der Waals surface area contributed by atoms with Crippen molar-refractivity contribution in [2.75, 3.05) is 6.54 Å². The Morgan fingerprint density at radius 1 is 1.30 bits per heavy atom. The number of hydrogen-bond acceptors (Lipinski definition) is 3. The second-order valence-electron chi connectivity index (χ2n) is 6.35. The highest BCUT2D eigenvalue weighted by molar-refractivity contribution is 7.89. The van der Waals surface area contributed by atoms with Gasteiger partial charge in [-0.15, -0.1) is 0 Å². The molecular weight excluding hydrogens is 272 g/mol. The third-order valence-electron chi connectivity index (χ3n) is 4.80. The van der Waals surface area contributed by atoms with Gasteiger partial charge in [0.25, 0.3) is 0 Å². The van der Waals surface area contributed by atoms with Crippen molar-refractivity contribution in [3.05, 3.63) is 29.8 Å². The first-order valence-corrected chi connectivity index (χ1v) is 8.81. The molecule has 0 spiro atoms. The van der Waals surface area contributed by atoms with Crippen LogP contribution in [0.1, 0.15) is 44.2 Å². The Kier molecular flexibility index (Phi) is 3.39. The van der Waals surface area contributed by atoms with Gasteiger partial charge in [0.2, 0.25) is 10.0 Å². The average molecular weight is 294 g/mol. The lowest BCUT2D eigenvalue weighted by Crippen LogP contribution is -2.28.